The van der Waals surface area contributed by atoms with Gasteiger partial charge in [0.05, 0.1) is 14.2 Å². The standard InChI is InChI=1S/C16H18BrNO4/c1-11-10-18(13-7-5-4-6-12(11)13)9-8-16(17,14(19)21-2)15(20)22-3/h4-7,10H,8-9H2,1-3H3. The Morgan fingerprint density at radius 2 is 1.77 bits per heavy atom. The third-order valence-corrected chi connectivity index (χ3v) is 4.75. The minimum absolute atomic E-state index is 0.227. The van der Waals surface area contributed by atoms with Crippen molar-refractivity contribution in [1.82, 2.24) is 4.57 Å². The molecule has 5 nitrogen and oxygen atoms in total. The summed E-state index contributed by atoms with van der Waals surface area (Å²) in [6.07, 6.45) is 2.23. The molecule has 6 heteroatoms. The number of carbonyl (C=O) groups is 2. The first kappa shape index (κ1) is 16.5. The Labute approximate surface area is 137 Å². The van der Waals surface area contributed by atoms with Gasteiger partial charge < -0.3 is 14.0 Å². The number of fused-ring (bicyclic) bond motifs is 1. The fourth-order valence-corrected chi connectivity index (χ4v) is 3.00. The van der Waals surface area contributed by atoms with Gasteiger partial charge in [-0.15, -0.1) is 0 Å². The molecule has 118 valence electrons. The lowest BCUT2D eigenvalue weighted by molar-refractivity contribution is -0.155. The van der Waals surface area contributed by atoms with Gasteiger partial charge in [0.15, 0.2) is 0 Å². The Bertz CT molecular complexity index is 691. The van der Waals surface area contributed by atoms with Gasteiger partial charge in [0.1, 0.15) is 0 Å². The lowest BCUT2D eigenvalue weighted by Gasteiger charge is -2.22. The third-order valence-electron chi connectivity index (χ3n) is 3.70. The summed E-state index contributed by atoms with van der Waals surface area (Å²) in [6.45, 7) is 2.50. The molecular weight excluding hydrogens is 350 g/mol. The minimum Gasteiger partial charge on any atom is -0.468 e. The lowest BCUT2D eigenvalue weighted by Crippen LogP contribution is -2.43. The molecule has 1 heterocycles. The van der Waals surface area contributed by atoms with E-state index in [1.165, 1.54) is 14.2 Å². The van der Waals surface area contributed by atoms with Crippen LogP contribution < -0.4 is 0 Å². The van der Waals surface area contributed by atoms with E-state index < -0.39 is 16.3 Å². The van der Waals surface area contributed by atoms with E-state index in [1.54, 1.807) is 0 Å². The van der Waals surface area contributed by atoms with E-state index in [1.807, 2.05) is 42.0 Å². The zero-order valence-corrected chi connectivity index (χ0v) is 14.3. The number of benzene rings is 1. The molecule has 0 amide bonds. The second-order valence-corrected chi connectivity index (χ2v) is 6.41. The summed E-state index contributed by atoms with van der Waals surface area (Å²) in [7, 11) is 2.49. The first-order valence-corrected chi connectivity index (χ1v) is 7.63. The molecule has 0 aliphatic heterocycles. The van der Waals surface area contributed by atoms with Crippen LogP contribution >= 0.6 is 15.9 Å². The second-order valence-electron chi connectivity index (χ2n) is 5.06. The van der Waals surface area contributed by atoms with Crippen LogP contribution in [0.15, 0.2) is 30.5 Å². The highest BCUT2D eigenvalue weighted by molar-refractivity contribution is 9.10. The van der Waals surface area contributed by atoms with Crippen molar-refractivity contribution in [3.8, 4) is 0 Å². The number of halogens is 1. The molecule has 0 saturated heterocycles. The van der Waals surface area contributed by atoms with Crippen molar-refractivity contribution >= 4 is 38.8 Å². The van der Waals surface area contributed by atoms with Crippen LogP contribution in [0.1, 0.15) is 12.0 Å². The number of alkyl halides is 1. The quantitative estimate of drug-likeness (QED) is 0.463. The van der Waals surface area contributed by atoms with Gasteiger partial charge >= 0.3 is 11.9 Å². The smallest absolute Gasteiger partial charge is 0.334 e. The molecule has 1 aromatic heterocycles. The third kappa shape index (κ3) is 2.88. The van der Waals surface area contributed by atoms with Crippen LogP contribution in [-0.4, -0.2) is 35.0 Å². The number of para-hydroxylation sites is 1. The monoisotopic (exact) mass is 367 g/mol. The molecule has 2 aromatic rings. The van der Waals surface area contributed by atoms with E-state index in [0.717, 1.165) is 16.5 Å². The predicted octanol–water partition coefficient (Wildman–Crippen LogP) is 2.82. The van der Waals surface area contributed by atoms with Crippen LogP contribution in [0.3, 0.4) is 0 Å². The maximum Gasteiger partial charge on any atom is 0.334 e. The number of aromatic nitrogens is 1. The van der Waals surface area contributed by atoms with Gasteiger partial charge in [0.25, 0.3) is 0 Å². The minimum atomic E-state index is -1.49. The van der Waals surface area contributed by atoms with E-state index in [2.05, 4.69) is 15.9 Å². The van der Waals surface area contributed by atoms with Gasteiger partial charge in [-0.05, 0) is 18.6 Å². The fraction of sp³-hybridized carbons (Fsp3) is 0.375. The number of carbonyl (C=O) groups excluding carboxylic acids is 2. The highest BCUT2D eigenvalue weighted by Crippen LogP contribution is 2.29. The molecule has 0 bridgehead atoms. The average Bonchev–Trinajstić information content (AvgIpc) is 2.87. The molecule has 0 saturated carbocycles. The average molecular weight is 368 g/mol. The van der Waals surface area contributed by atoms with Crippen molar-refractivity contribution in [2.24, 2.45) is 0 Å². The summed E-state index contributed by atoms with van der Waals surface area (Å²) in [6, 6.07) is 8.00. The van der Waals surface area contributed by atoms with Crippen molar-refractivity contribution in [2.45, 2.75) is 24.2 Å². The highest BCUT2D eigenvalue weighted by Gasteiger charge is 2.45. The van der Waals surface area contributed by atoms with Crippen LogP contribution in [0.5, 0.6) is 0 Å². The molecule has 0 radical (unpaired) electrons. The molecule has 22 heavy (non-hydrogen) atoms. The zero-order valence-electron chi connectivity index (χ0n) is 12.8. The number of hydrogen-bond donors (Lipinski definition) is 0. The number of aryl methyl sites for hydroxylation is 2. The summed E-state index contributed by atoms with van der Waals surface area (Å²) >= 11 is 3.20. The van der Waals surface area contributed by atoms with Crippen LogP contribution in [0, 0.1) is 6.92 Å². The van der Waals surface area contributed by atoms with Crippen molar-refractivity contribution < 1.29 is 19.1 Å². The lowest BCUT2D eigenvalue weighted by atomic mass is 10.1. The molecule has 0 N–H and O–H groups in total. The summed E-state index contributed by atoms with van der Waals surface area (Å²) in [5.74, 6) is -1.32. The van der Waals surface area contributed by atoms with Gasteiger partial charge in [-0.1, -0.05) is 34.1 Å². The van der Waals surface area contributed by atoms with Crippen molar-refractivity contribution in [1.29, 1.82) is 0 Å². The Morgan fingerprint density at radius 1 is 1.18 bits per heavy atom. The molecule has 2 rings (SSSR count). The van der Waals surface area contributed by atoms with E-state index in [-0.39, 0.29) is 6.42 Å². The number of methoxy groups -OCH3 is 2. The molecule has 0 aliphatic carbocycles. The highest BCUT2D eigenvalue weighted by atomic mass is 79.9. The van der Waals surface area contributed by atoms with E-state index in [9.17, 15) is 9.59 Å². The van der Waals surface area contributed by atoms with E-state index >= 15 is 0 Å². The number of hydrogen-bond acceptors (Lipinski definition) is 4. The van der Waals surface area contributed by atoms with Crippen LogP contribution in [0.2, 0.25) is 0 Å². The Hall–Kier alpha value is -1.82. The molecular formula is C16H18BrNO4. The van der Waals surface area contributed by atoms with E-state index in [0.29, 0.717) is 6.54 Å². The first-order valence-electron chi connectivity index (χ1n) is 6.84. The maximum absolute atomic E-state index is 11.9. The van der Waals surface area contributed by atoms with Crippen molar-refractivity contribution in [2.75, 3.05) is 14.2 Å². The normalized spacial score (nSPS) is 11.5. The van der Waals surface area contributed by atoms with Gasteiger partial charge in [-0.25, -0.2) is 9.59 Å². The Balaban J connectivity index is 2.29. The molecule has 0 unspecified atom stereocenters. The first-order chi connectivity index (χ1) is 10.4. The Kier molecular flexibility index (Phi) is 4.90. The van der Waals surface area contributed by atoms with Crippen molar-refractivity contribution in [3.05, 3.63) is 36.0 Å². The van der Waals surface area contributed by atoms with Gasteiger partial charge in [-0.2, -0.15) is 0 Å². The number of nitrogens with zero attached hydrogens (tertiary/aromatic N) is 1. The summed E-state index contributed by atoms with van der Waals surface area (Å²) in [5, 5.41) is 1.15. The molecule has 1 aromatic carbocycles. The zero-order chi connectivity index (χ0) is 16.3. The van der Waals surface area contributed by atoms with Crippen LogP contribution in [-0.2, 0) is 25.6 Å². The number of rotatable bonds is 5. The fourth-order valence-electron chi connectivity index (χ4n) is 2.50. The SMILES string of the molecule is COC(=O)C(Br)(CCn1cc(C)c2ccccc21)C(=O)OC. The maximum atomic E-state index is 11.9. The van der Waals surface area contributed by atoms with E-state index in [4.69, 9.17) is 9.47 Å². The predicted molar refractivity (Wildman–Crippen MR) is 87.0 cm³/mol. The summed E-state index contributed by atoms with van der Waals surface area (Å²) in [5.41, 5.74) is 2.21. The van der Waals surface area contributed by atoms with Gasteiger partial charge in [0, 0.05) is 30.1 Å². The van der Waals surface area contributed by atoms with Crippen LogP contribution in [0.4, 0.5) is 0 Å². The molecule has 0 spiro atoms. The summed E-state index contributed by atoms with van der Waals surface area (Å²) in [4.78, 5) is 23.9. The van der Waals surface area contributed by atoms with Gasteiger partial charge in [-0.3, -0.25) is 0 Å². The van der Waals surface area contributed by atoms with Crippen molar-refractivity contribution in [3.63, 3.8) is 0 Å². The van der Waals surface area contributed by atoms with Crippen LogP contribution in [0.25, 0.3) is 10.9 Å². The summed E-state index contributed by atoms with van der Waals surface area (Å²) < 4.78 is 9.98. The molecule has 0 aliphatic rings. The Morgan fingerprint density at radius 3 is 2.36 bits per heavy atom. The number of esters is 2. The van der Waals surface area contributed by atoms with Gasteiger partial charge in [0.2, 0.25) is 4.32 Å². The molecule has 0 atom stereocenters. The largest absolute Gasteiger partial charge is 0.468 e. The number of ether oxygens (including phenoxy) is 2. The topological polar surface area (TPSA) is 57.5 Å². The second kappa shape index (κ2) is 6.52. The molecule has 0 fully saturated rings.